The number of amides is 1. The number of hydrogen-bond acceptors (Lipinski definition) is 3. The third-order valence-corrected chi connectivity index (χ3v) is 2.86. The first-order valence-corrected chi connectivity index (χ1v) is 6.28. The molecule has 0 saturated heterocycles. The number of rotatable bonds is 4. The maximum absolute atomic E-state index is 11.9. The zero-order chi connectivity index (χ0) is 13.7. The molecular formula is C15H17N3O. The Morgan fingerprint density at radius 1 is 1.26 bits per heavy atom. The lowest BCUT2D eigenvalue weighted by atomic mass is 10.1. The molecule has 0 aliphatic heterocycles. The Hall–Kier alpha value is -2.23. The van der Waals surface area contributed by atoms with E-state index >= 15 is 0 Å². The Kier molecular flexibility index (Phi) is 4.23. The van der Waals surface area contributed by atoms with Gasteiger partial charge in [0, 0.05) is 24.5 Å². The first-order chi connectivity index (χ1) is 9.15. The van der Waals surface area contributed by atoms with E-state index in [1.165, 1.54) is 0 Å². The van der Waals surface area contributed by atoms with Gasteiger partial charge in [0.25, 0.3) is 0 Å². The highest BCUT2D eigenvalue weighted by Crippen LogP contribution is 2.13. The molecule has 1 amide bonds. The summed E-state index contributed by atoms with van der Waals surface area (Å²) in [7, 11) is 0. The third-order valence-electron chi connectivity index (χ3n) is 2.86. The highest BCUT2D eigenvalue weighted by atomic mass is 16.1. The number of carbonyl (C=O) groups excluding carboxylic acids is 1. The summed E-state index contributed by atoms with van der Waals surface area (Å²) in [5.41, 5.74) is 3.64. The number of nitrogens with zero attached hydrogens (tertiary/aromatic N) is 2. The molecule has 0 saturated carbocycles. The summed E-state index contributed by atoms with van der Waals surface area (Å²) in [5.74, 6) is -0.00222. The summed E-state index contributed by atoms with van der Waals surface area (Å²) in [6.45, 7) is 3.82. The lowest BCUT2D eigenvalue weighted by molar-refractivity contribution is -0.116. The van der Waals surface area contributed by atoms with Crippen molar-refractivity contribution in [3.05, 3.63) is 53.6 Å². The Balaban J connectivity index is 1.91. The molecule has 0 fully saturated rings. The fraction of sp³-hybridized carbons (Fsp3) is 0.267. The van der Waals surface area contributed by atoms with Gasteiger partial charge in [-0.05, 0) is 44.0 Å². The minimum atomic E-state index is -0.00222. The van der Waals surface area contributed by atoms with Crippen molar-refractivity contribution in [1.29, 1.82) is 0 Å². The van der Waals surface area contributed by atoms with Crippen LogP contribution in [0.25, 0.3) is 0 Å². The number of aromatic nitrogens is 2. The van der Waals surface area contributed by atoms with E-state index in [0.717, 1.165) is 22.6 Å². The smallest absolute Gasteiger partial charge is 0.224 e. The van der Waals surface area contributed by atoms with Crippen molar-refractivity contribution in [3.63, 3.8) is 0 Å². The van der Waals surface area contributed by atoms with E-state index in [9.17, 15) is 4.79 Å². The Labute approximate surface area is 112 Å². The van der Waals surface area contributed by atoms with Crippen LogP contribution in [0.1, 0.15) is 23.4 Å². The van der Waals surface area contributed by atoms with Gasteiger partial charge >= 0.3 is 0 Å². The zero-order valence-corrected chi connectivity index (χ0v) is 11.2. The molecule has 0 spiro atoms. The molecule has 0 aliphatic rings. The summed E-state index contributed by atoms with van der Waals surface area (Å²) in [6, 6.07) is 7.63. The normalized spacial score (nSPS) is 10.2. The van der Waals surface area contributed by atoms with Crippen LogP contribution >= 0.6 is 0 Å². The molecule has 2 rings (SSSR count). The molecule has 2 aromatic heterocycles. The Morgan fingerprint density at radius 2 is 2.11 bits per heavy atom. The van der Waals surface area contributed by atoms with Gasteiger partial charge in [-0.2, -0.15) is 0 Å². The van der Waals surface area contributed by atoms with E-state index in [0.29, 0.717) is 12.8 Å². The van der Waals surface area contributed by atoms with Crippen LogP contribution in [0.3, 0.4) is 0 Å². The summed E-state index contributed by atoms with van der Waals surface area (Å²) in [4.78, 5) is 20.2. The van der Waals surface area contributed by atoms with Crippen molar-refractivity contribution in [2.45, 2.75) is 26.7 Å². The van der Waals surface area contributed by atoms with Gasteiger partial charge in [-0.25, -0.2) is 0 Å². The summed E-state index contributed by atoms with van der Waals surface area (Å²) < 4.78 is 0. The SMILES string of the molecule is Cc1ccc(NC(=O)CCc2cccnc2)c(C)n1. The molecule has 0 aromatic carbocycles. The van der Waals surface area contributed by atoms with Gasteiger partial charge in [-0.15, -0.1) is 0 Å². The van der Waals surface area contributed by atoms with Crippen LogP contribution in [-0.4, -0.2) is 15.9 Å². The van der Waals surface area contributed by atoms with E-state index in [2.05, 4.69) is 15.3 Å². The lowest BCUT2D eigenvalue weighted by Gasteiger charge is -2.08. The Bertz CT molecular complexity index is 567. The van der Waals surface area contributed by atoms with E-state index in [4.69, 9.17) is 0 Å². The van der Waals surface area contributed by atoms with Crippen molar-refractivity contribution in [2.24, 2.45) is 0 Å². The van der Waals surface area contributed by atoms with Crippen molar-refractivity contribution < 1.29 is 4.79 Å². The van der Waals surface area contributed by atoms with E-state index in [1.54, 1.807) is 12.4 Å². The van der Waals surface area contributed by atoms with Crippen LogP contribution in [0, 0.1) is 13.8 Å². The second kappa shape index (κ2) is 6.09. The minimum absolute atomic E-state index is 0.00222. The maximum atomic E-state index is 11.9. The molecule has 0 aliphatic carbocycles. The molecule has 1 N–H and O–H groups in total. The third kappa shape index (κ3) is 3.88. The number of pyridine rings is 2. The van der Waals surface area contributed by atoms with Gasteiger partial charge < -0.3 is 5.32 Å². The monoisotopic (exact) mass is 255 g/mol. The van der Waals surface area contributed by atoms with Crippen molar-refractivity contribution in [2.75, 3.05) is 5.32 Å². The molecule has 0 bridgehead atoms. The molecule has 0 radical (unpaired) electrons. The first-order valence-electron chi connectivity index (χ1n) is 6.28. The second-order valence-corrected chi connectivity index (χ2v) is 4.50. The summed E-state index contributed by atoms with van der Waals surface area (Å²) >= 11 is 0. The number of anilines is 1. The van der Waals surface area contributed by atoms with Crippen LogP contribution in [0.4, 0.5) is 5.69 Å². The van der Waals surface area contributed by atoms with E-state index in [1.807, 2.05) is 38.1 Å². The van der Waals surface area contributed by atoms with Gasteiger partial charge in [0.1, 0.15) is 0 Å². The maximum Gasteiger partial charge on any atom is 0.224 e. The van der Waals surface area contributed by atoms with E-state index < -0.39 is 0 Å². The molecule has 4 heteroatoms. The summed E-state index contributed by atoms with van der Waals surface area (Å²) in [5, 5.41) is 2.89. The highest BCUT2D eigenvalue weighted by molar-refractivity contribution is 5.91. The molecule has 19 heavy (non-hydrogen) atoms. The largest absolute Gasteiger partial charge is 0.324 e. The molecule has 2 aromatic rings. The van der Waals surface area contributed by atoms with Crippen LogP contribution < -0.4 is 5.32 Å². The van der Waals surface area contributed by atoms with Crippen molar-refractivity contribution in [1.82, 2.24) is 9.97 Å². The van der Waals surface area contributed by atoms with Crippen molar-refractivity contribution in [3.8, 4) is 0 Å². The molecule has 0 unspecified atom stereocenters. The molecule has 98 valence electrons. The quantitative estimate of drug-likeness (QED) is 0.913. The Morgan fingerprint density at radius 3 is 2.79 bits per heavy atom. The first kappa shape index (κ1) is 13.2. The fourth-order valence-electron chi connectivity index (χ4n) is 1.84. The van der Waals surface area contributed by atoms with Gasteiger partial charge in [0.05, 0.1) is 11.4 Å². The standard InChI is InChI=1S/C15H17N3O/c1-11-5-7-14(12(2)17-11)18-15(19)8-6-13-4-3-9-16-10-13/h3-5,7,9-10H,6,8H2,1-2H3,(H,18,19). The molecule has 0 atom stereocenters. The second-order valence-electron chi connectivity index (χ2n) is 4.50. The number of nitrogens with one attached hydrogen (secondary N) is 1. The van der Waals surface area contributed by atoms with Gasteiger partial charge in [0.2, 0.25) is 5.91 Å². The van der Waals surface area contributed by atoms with Crippen molar-refractivity contribution >= 4 is 11.6 Å². The molecule has 4 nitrogen and oxygen atoms in total. The average molecular weight is 255 g/mol. The zero-order valence-electron chi connectivity index (χ0n) is 11.2. The highest BCUT2D eigenvalue weighted by Gasteiger charge is 2.06. The average Bonchev–Trinajstić information content (AvgIpc) is 2.41. The molecular weight excluding hydrogens is 238 g/mol. The van der Waals surface area contributed by atoms with Gasteiger partial charge in [-0.3, -0.25) is 14.8 Å². The van der Waals surface area contributed by atoms with Crippen LogP contribution in [0.5, 0.6) is 0 Å². The minimum Gasteiger partial charge on any atom is -0.324 e. The van der Waals surface area contributed by atoms with Gasteiger partial charge in [-0.1, -0.05) is 6.07 Å². The van der Waals surface area contributed by atoms with Crippen LogP contribution in [0.15, 0.2) is 36.7 Å². The molecule has 2 heterocycles. The van der Waals surface area contributed by atoms with Gasteiger partial charge in [0.15, 0.2) is 0 Å². The number of hydrogen-bond donors (Lipinski definition) is 1. The number of carbonyl (C=O) groups is 1. The summed E-state index contributed by atoms with van der Waals surface area (Å²) in [6.07, 6.45) is 4.65. The van der Waals surface area contributed by atoms with Crippen LogP contribution in [0.2, 0.25) is 0 Å². The predicted octanol–water partition coefficient (Wildman–Crippen LogP) is 2.66. The predicted molar refractivity (Wildman–Crippen MR) is 74.9 cm³/mol. The number of aryl methyl sites for hydroxylation is 3. The fourth-order valence-corrected chi connectivity index (χ4v) is 1.84. The topological polar surface area (TPSA) is 54.9 Å². The van der Waals surface area contributed by atoms with Crippen LogP contribution in [-0.2, 0) is 11.2 Å². The van der Waals surface area contributed by atoms with E-state index in [-0.39, 0.29) is 5.91 Å². The lowest BCUT2D eigenvalue weighted by Crippen LogP contribution is -2.13.